The zero-order valence-electron chi connectivity index (χ0n) is 11.8. The number of nitrogens with one attached hydrogen (secondary N) is 1. The van der Waals surface area contributed by atoms with Gasteiger partial charge in [-0.2, -0.15) is 0 Å². The Morgan fingerprint density at radius 3 is 2.67 bits per heavy atom. The summed E-state index contributed by atoms with van der Waals surface area (Å²) in [5.74, 6) is 1.02. The molecule has 98 valence electrons. The number of hydrogen-bond donors (Lipinski definition) is 1. The summed E-state index contributed by atoms with van der Waals surface area (Å²) >= 11 is 0. The van der Waals surface area contributed by atoms with E-state index in [-0.39, 0.29) is 5.54 Å². The quantitative estimate of drug-likeness (QED) is 0.844. The van der Waals surface area contributed by atoms with Gasteiger partial charge in [-0.05, 0) is 33.3 Å². The molecule has 1 aromatic heterocycles. The lowest BCUT2D eigenvalue weighted by molar-refractivity contribution is 0.356. The molecule has 0 aliphatic carbocycles. The van der Waals surface area contributed by atoms with Gasteiger partial charge in [-0.15, -0.1) is 0 Å². The first kappa shape index (κ1) is 13.2. The maximum absolute atomic E-state index is 5.78. The molecule has 0 aliphatic rings. The third-order valence-corrected chi connectivity index (χ3v) is 3.52. The molecule has 0 unspecified atom stereocenters. The Morgan fingerprint density at radius 2 is 1.94 bits per heavy atom. The molecule has 0 spiro atoms. The van der Waals surface area contributed by atoms with Gasteiger partial charge in [0.05, 0.1) is 0 Å². The second-order valence-electron chi connectivity index (χ2n) is 5.62. The van der Waals surface area contributed by atoms with Crippen LogP contribution in [0.1, 0.15) is 44.9 Å². The average Bonchev–Trinajstić information content (AvgIpc) is 2.62. The van der Waals surface area contributed by atoms with E-state index in [9.17, 15) is 0 Å². The molecule has 1 N–H and O–H groups in total. The van der Waals surface area contributed by atoms with Crippen molar-refractivity contribution in [2.45, 2.75) is 52.6 Å². The van der Waals surface area contributed by atoms with Gasteiger partial charge in [0.1, 0.15) is 11.3 Å². The van der Waals surface area contributed by atoms with Gasteiger partial charge in [0, 0.05) is 23.0 Å². The molecule has 18 heavy (non-hydrogen) atoms. The Kier molecular flexibility index (Phi) is 3.76. The maximum Gasteiger partial charge on any atom is 0.134 e. The van der Waals surface area contributed by atoms with E-state index in [0.29, 0.717) is 0 Å². The summed E-state index contributed by atoms with van der Waals surface area (Å²) in [4.78, 5) is 0. The number of aryl methyl sites for hydroxylation is 1. The van der Waals surface area contributed by atoms with E-state index in [1.807, 2.05) is 19.1 Å². The van der Waals surface area contributed by atoms with Crippen LogP contribution in [0.25, 0.3) is 11.0 Å². The van der Waals surface area contributed by atoms with Gasteiger partial charge in [0.25, 0.3) is 0 Å². The number of furan rings is 1. The second kappa shape index (κ2) is 5.15. The minimum Gasteiger partial charge on any atom is -0.461 e. The average molecular weight is 245 g/mol. The molecule has 0 saturated heterocycles. The van der Waals surface area contributed by atoms with Gasteiger partial charge < -0.3 is 9.73 Å². The predicted octanol–water partition coefficient (Wildman–Crippen LogP) is 4.41. The van der Waals surface area contributed by atoms with Gasteiger partial charge in [-0.25, -0.2) is 0 Å². The molecule has 1 aromatic carbocycles. The first-order valence-corrected chi connectivity index (χ1v) is 6.75. The molecule has 0 radical (unpaired) electrons. The SMILES string of the molecule is CCCC(C)(C)NCc1c(C)oc2ccccc12. The van der Waals surface area contributed by atoms with Crippen LogP contribution in [0, 0.1) is 6.92 Å². The van der Waals surface area contributed by atoms with Gasteiger partial charge in [0.2, 0.25) is 0 Å². The fourth-order valence-electron chi connectivity index (χ4n) is 2.48. The lowest BCUT2D eigenvalue weighted by Crippen LogP contribution is -2.38. The van der Waals surface area contributed by atoms with Gasteiger partial charge in [-0.3, -0.25) is 0 Å². The number of hydrogen-bond acceptors (Lipinski definition) is 2. The smallest absolute Gasteiger partial charge is 0.134 e. The van der Waals surface area contributed by atoms with Crippen molar-refractivity contribution in [3.05, 3.63) is 35.6 Å². The Hall–Kier alpha value is -1.28. The third kappa shape index (κ3) is 2.75. The van der Waals surface area contributed by atoms with E-state index >= 15 is 0 Å². The van der Waals surface area contributed by atoms with Crippen molar-refractivity contribution in [1.82, 2.24) is 5.32 Å². The summed E-state index contributed by atoms with van der Waals surface area (Å²) in [6.45, 7) is 9.66. The predicted molar refractivity (Wildman–Crippen MR) is 76.8 cm³/mol. The second-order valence-corrected chi connectivity index (χ2v) is 5.62. The number of fused-ring (bicyclic) bond motifs is 1. The maximum atomic E-state index is 5.78. The van der Waals surface area contributed by atoms with E-state index < -0.39 is 0 Å². The molecule has 2 aromatic rings. The molecule has 0 atom stereocenters. The van der Waals surface area contributed by atoms with E-state index in [0.717, 1.165) is 17.9 Å². The largest absolute Gasteiger partial charge is 0.461 e. The minimum atomic E-state index is 0.180. The lowest BCUT2D eigenvalue weighted by Gasteiger charge is -2.25. The summed E-state index contributed by atoms with van der Waals surface area (Å²) in [6, 6.07) is 8.25. The number of benzene rings is 1. The monoisotopic (exact) mass is 245 g/mol. The molecule has 1 heterocycles. The Morgan fingerprint density at radius 1 is 1.22 bits per heavy atom. The highest BCUT2D eigenvalue weighted by Gasteiger charge is 2.17. The van der Waals surface area contributed by atoms with E-state index in [2.05, 4.69) is 38.2 Å². The van der Waals surface area contributed by atoms with Crippen LogP contribution >= 0.6 is 0 Å². The highest BCUT2D eigenvalue weighted by Crippen LogP contribution is 2.25. The fraction of sp³-hybridized carbons (Fsp3) is 0.500. The minimum absolute atomic E-state index is 0.180. The summed E-state index contributed by atoms with van der Waals surface area (Å²) in [6.07, 6.45) is 2.38. The van der Waals surface area contributed by atoms with Crippen LogP contribution in [0.15, 0.2) is 28.7 Å². The fourth-order valence-corrected chi connectivity index (χ4v) is 2.48. The van der Waals surface area contributed by atoms with Crippen molar-refractivity contribution in [3.63, 3.8) is 0 Å². The van der Waals surface area contributed by atoms with Gasteiger partial charge in [0.15, 0.2) is 0 Å². The van der Waals surface area contributed by atoms with Crippen molar-refractivity contribution in [2.24, 2.45) is 0 Å². The Bertz CT molecular complexity index is 525. The molecule has 0 saturated carbocycles. The Labute approximate surface area is 109 Å². The van der Waals surface area contributed by atoms with Crippen molar-refractivity contribution in [2.75, 3.05) is 0 Å². The van der Waals surface area contributed by atoms with Crippen LogP contribution in [0.3, 0.4) is 0 Å². The van der Waals surface area contributed by atoms with Crippen molar-refractivity contribution in [1.29, 1.82) is 0 Å². The highest BCUT2D eigenvalue weighted by molar-refractivity contribution is 5.82. The van der Waals surface area contributed by atoms with Crippen molar-refractivity contribution < 1.29 is 4.42 Å². The van der Waals surface area contributed by atoms with Crippen LogP contribution < -0.4 is 5.32 Å². The normalized spacial score (nSPS) is 12.2. The molecular weight excluding hydrogens is 222 g/mol. The highest BCUT2D eigenvalue weighted by atomic mass is 16.3. The molecule has 0 bridgehead atoms. The summed E-state index contributed by atoms with van der Waals surface area (Å²) < 4.78 is 5.78. The summed E-state index contributed by atoms with van der Waals surface area (Å²) in [7, 11) is 0. The Balaban J connectivity index is 2.19. The van der Waals surface area contributed by atoms with Crippen molar-refractivity contribution >= 4 is 11.0 Å². The molecular formula is C16H23NO. The van der Waals surface area contributed by atoms with E-state index in [1.54, 1.807) is 0 Å². The lowest BCUT2D eigenvalue weighted by atomic mass is 9.98. The van der Waals surface area contributed by atoms with E-state index in [1.165, 1.54) is 23.8 Å². The molecule has 2 nitrogen and oxygen atoms in total. The molecule has 0 aliphatic heterocycles. The summed E-state index contributed by atoms with van der Waals surface area (Å²) in [5.41, 5.74) is 2.45. The first-order valence-electron chi connectivity index (χ1n) is 6.75. The summed E-state index contributed by atoms with van der Waals surface area (Å²) in [5, 5.41) is 4.87. The first-order chi connectivity index (χ1) is 8.53. The molecule has 2 rings (SSSR count). The van der Waals surface area contributed by atoms with Crippen LogP contribution in [0.4, 0.5) is 0 Å². The molecule has 0 fully saturated rings. The van der Waals surface area contributed by atoms with Gasteiger partial charge >= 0.3 is 0 Å². The van der Waals surface area contributed by atoms with Gasteiger partial charge in [-0.1, -0.05) is 31.5 Å². The van der Waals surface area contributed by atoms with Crippen LogP contribution in [-0.4, -0.2) is 5.54 Å². The number of para-hydroxylation sites is 1. The van der Waals surface area contributed by atoms with Crippen LogP contribution in [0.2, 0.25) is 0 Å². The standard InChI is InChI=1S/C16H23NO/c1-5-10-16(3,4)17-11-14-12(2)18-15-9-7-6-8-13(14)15/h6-9,17H,5,10-11H2,1-4H3. The zero-order valence-corrected chi connectivity index (χ0v) is 11.8. The topological polar surface area (TPSA) is 25.2 Å². The van der Waals surface area contributed by atoms with Crippen molar-refractivity contribution in [3.8, 4) is 0 Å². The number of rotatable bonds is 5. The van der Waals surface area contributed by atoms with Crippen LogP contribution in [0.5, 0.6) is 0 Å². The van der Waals surface area contributed by atoms with Crippen LogP contribution in [-0.2, 0) is 6.54 Å². The molecule has 2 heteroatoms. The zero-order chi connectivity index (χ0) is 13.2. The molecule has 0 amide bonds. The van der Waals surface area contributed by atoms with E-state index in [4.69, 9.17) is 4.42 Å². The third-order valence-electron chi connectivity index (χ3n) is 3.52.